The molecule has 0 spiro atoms. The van der Waals surface area contributed by atoms with Gasteiger partial charge in [-0.15, -0.1) is 0 Å². The van der Waals surface area contributed by atoms with Crippen molar-refractivity contribution in [2.24, 2.45) is 87.3 Å². The van der Waals surface area contributed by atoms with Crippen LogP contribution < -0.4 is 26.6 Å². The average molecular weight is 1830 g/mol. The molecule has 14 fully saturated rings. The number of benzene rings is 6. The standard InChI is InChI=1S/2C38H54N4O5.C31H40N2O6/c2*1-6-41-15-9-14-30(41)20-39-36(45)28-13-8-12-27(17-28)26-11-7-10-25(16-26)21-42-35(34(24(3)44)33(22-43)47-42)37(46)40-32-19-29-18-31(23(32)2)38(29,4)5;1-17-24-13-23(31(24,3)4)14-25(17)32-29(36)28-27(18(2)35)26(16-34)39-33(28)15-19-7-5-8-20(11-19)21-9-6-10-22(12-21)30(37)38/h2*7-8,10-13,16-17,23-24,29-35,43-44H,6,9,14-15,18-22H2,1-5H3,(H,39,45)(H,40,46);5-12,17-18,23-28,34-35H,13-16H2,1-4H3,(H,32,36)(H,37,38)/t2*23-,24-,29+,30+,31-,32-,33-,34+,35-;17-,18-,23+,24-,25-,26-,27+,28-/m000/s1. The van der Waals surface area contributed by atoms with E-state index in [1.807, 2.05) is 115 Å². The number of rotatable bonds is 30. The van der Waals surface area contributed by atoms with E-state index in [4.69, 9.17) is 14.5 Å². The fraction of sp³-hybridized carbons (Fsp3) is 0.607. The maximum Gasteiger partial charge on any atom is 0.335 e. The number of hydrogen-bond donors (Lipinski definition) is 12. The minimum Gasteiger partial charge on any atom is -0.478 e. The first-order valence-corrected chi connectivity index (χ1v) is 49.5. The zero-order valence-corrected chi connectivity index (χ0v) is 80.5. The first-order valence-electron chi connectivity index (χ1n) is 49.5. The second-order valence-electron chi connectivity index (χ2n) is 42.6. The summed E-state index contributed by atoms with van der Waals surface area (Å²) in [7, 11) is 0. The lowest BCUT2D eigenvalue weighted by molar-refractivity contribution is -0.183. The number of hydrogen-bond acceptors (Lipinski definition) is 20. The van der Waals surface area contributed by atoms with Crippen LogP contribution in [0.5, 0.6) is 0 Å². The lowest BCUT2D eigenvalue weighted by atomic mass is 9.45. The molecular formula is C107H148N10O16. The number of likely N-dealkylation sites (N-methyl/N-ethyl adjacent to an activating group) is 2. The van der Waals surface area contributed by atoms with Crippen LogP contribution in [0, 0.1) is 87.3 Å². The molecule has 14 aliphatic rings. The Morgan fingerprint density at radius 1 is 0.406 bits per heavy atom. The zero-order valence-electron chi connectivity index (χ0n) is 80.5. The Morgan fingerprint density at radius 2 is 0.684 bits per heavy atom. The number of amides is 5. The number of aromatic carboxylic acids is 1. The van der Waals surface area contributed by atoms with Crippen molar-refractivity contribution in [2.45, 2.75) is 266 Å². The highest BCUT2D eigenvalue weighted by Gasteiger charge is 2.61. The third-order valence-electron chi connectivity index (χ3n) is 34.1. The molecule has 26 heteroatoms. The normalized spacial score (nSPS) is 32.4. The summed E-state index contributed by atoms with van der Waals surface area (Å²) in [6.07, 6.45) is 6.49. The molecule has 20 rings (SSSR count). The number of likely N-dealkylation sites (tertiary alicyclic amines) is 2. The Hall–Kier alpha value is -8.42. The van der Waals surface area contributed by atoms with E-state index in [9.17, 15) is 64.5 Å². The molecule has 0 radical (unpaired) electrons. The number of carboxylic acids is 1. The van der Waals surface area contributed by atoms with Crippen LogP contribution in [-0.4, -0.2) is 240 Å². The molecule has 12 N–H and O–H groups in total. The van der Waals surface area contributed by atoms with Crippen LogP contribution in [0.4, 0.5) is 0 Å². The van der Waals surface area contributed by atoms with Gasteiger partial charge in [0, 0.05) is 72.2 Å². The van der Waals surface area contributed by atoms with Gasteiger partial charge in [0.15, 0.2) is 0 Å². The van der Waals surface area contributed by atoms with Crippen LogP contribution in [0.1, 0.15) is 209 Å². The summed E-state index contributed by atoms with van der Waals surface area (Å²) in [4.78, 5) is 103. The molecule has 6 bridgehead atoms. The minimum absolute atomic E-state index is 0.0716. The maximum atomic E-state index is 14.0. The molecule has 722 valence electrons. The van der Waals surface area contributed by atoms with Gasteiger partial charge in [-0.25, -0.2) is 4.79 Å². The molecule has 5 aliphatic heterocycles. The van der Waals surface area contributed by atoms with Crippen molar-refractivity contribution >= 4 is 35.5 Å². The third-order valence-corrected chi connectivity index (χ3v) is 34.1. The first kappa shape index (κ1) is 99.1. The highest BCUT2D eigenvalue weighted by Crippen LogP contribution is 2.64. The van der Waals surface area contributed by atoms with Crippen LogP contribution in [-0.2, 0) is 48.5 Å². The summed E-state index contributed by atoms with van der Waals surface area (Å²) in [6.45, 7) is 35.5. The second-order valence-corrected chi connectivity index (χ2v) is 42.6. The number of hydroxylamine groups is 6. The van der Waals surface area contributed by atoms with Gasteiger partial charge >= 0.3 is 5.97 Å². The number of nitrogens with one attached hydrogen (secondary N) is 5. The summed E-state index contributed by atoms with van der Waals surface area (Å²) in [5, 5.41) is 93.2. The number of nitrogens with zero attached hydrogens (tertiary/aromatic N) is 5. The number of carboxylic acid groups (broad SMARTS) is 1. The van der Waals surface area contributed by atoms with Gasteiger partial charge in [-0.1, -0.05) is 167 Å². The van der Waals surface area contributed by atoms with Crippen molar-refractivity contribution in [2.75, 3.05) is 59.1 Å². The first-order chi connectivity index (χ1) is 63.5. The highest BCUT2D eigenvalue weighted by atomic mass is 16.7. The van der Waals surface area contributed by atoms with Gasteiger partial charge < -0.3 is 62.3 Å². The lowest BCUT2D eigenvalue weighted by Gasteiger charge is -2.62. The van der Waals surface area contributed by atoms with Gasteiger partial charge in [-0.05, 0) is 285 Å². The van der Waals surface area contributed by atoms with Gasteiger partial charge in [0.25, 0.3) is 11.8 Å². The fourth-order valence-corrected chi connectivity index (χ4v) is 25.8. The van der Waals surface area contributed by atoms with Gasteiger partial charge in [-0.3, -0.25) is 48.3 Å². The van der Waals surface area contributed by atoms with E-state index in [1.165, 1.54) is 32.1 Å². The molecule has 6 aromatic carbocycles. The number of aliphatic hydroxyl groups is 6. The SMILES string of the molecule is CCN1CCC[C@@H]1CNC(=O)c1cccc(-c2cccc(CN3O[C@@H](CO)[C@@H]([C@H](C)O)[C@H]3C(=O)N[C@H]3C[C@H]4C[C@@H]([C@@H]3C)C4(C)C)c2)c1.CCN1CCC[C@@H]1CNC(=O)c1cccc(-c2cccc(CN3O[C@@H](CO)[C@@H]([C@H](C)O)[C@H]3C(=O)N[C@H]3C[C@H]4C[C@@H]([C@@H]3C)C4(C)C)c2)c1.C[C@@H]1[C@@H](NC(=O)[C@@H]2[C@H]([C@H](C)O)[C@H](CO)ON2Cc2cccc(-c3cccc(C(=O)O)c3)c2)C[C@H]2C[C@@H]1C2(C)C. The molecule has 5 saturated heterocycles. The Morgan fingerprint density at radius 3 is 0.947 bits per heavy atom. The van der Waals surface area contributed by atoms with Crippen molar-refractivity contribution in [3.8, 4) is 33.4 Å². The predicted octanol–water partition coefficient (Wildman–Crippen LogP) is 12.2. The largest absolute Gasteiger partial charge is 0.478 e. The Kier molecular flexibility index (Phi) is 31.2. The monoisotopic (exact) mass is 1830 g/mol. The summed E-state index contributed by atoms with van der Waals surface area (Å²) in [5.41, 5.74) is 10.5. The molecule has 5 amide bonds. The van der Waals surface area contributed by atoms with E-state index >= 15 is 0 Å². The summed E-state index contributed by atoms with van der Waals surface area (Å²) < 4.78 is 0. The molecule has 9 aliphatic carbocycles. The topological polar surface area (TPSA) is 348 Å². The van der Waals surface area contributed by atoms with Crippen molar-refractivity contribution in [3.05, 3.63) is 179 Å². The van der Waals surface area contributed by atoms with Crippen LogP contribution in [0.25, 0.3) is 33.4 Å². The van der Waals surface area contributed by atoms with E-state index in [0.29, 0.717) is 119 Å². The smallest absolute Gasteiger partial charge is 0.335 e. The molecule has 0 aromatic heterocycles. The lowest BCUT2D eigenvalue weighted by Crippen LogP contribution is -2.62. The Bertz CT molecular complexity index is 4850. The minimum atomic E-state index is -0.986. The van der Waals surface area contributed by atoms with Crippen molar-refractivity contribution in [1.82, 2.24) is 51.6 Å². The molecule has 26 atom stereocenters. The number of aliphatic hydroxyl groups excluding tert-OH is 6. The van der Waals surface area contributed by atoms with Crippen molar-refractivity contribution in [1.29, 1.82) is 0 Å². The number of carbonyl (C=O) groups excluding carboxylic acids is 5. The van der Waals surface area contributed by atoms with Crippen LogP contribution in [0.2, 0.25) is 0 Å². The Balaban J connectivity index is 0.000000153. The molecule has 5 heterocycles. The second kappa shape index (κ2) is 41.9. The molecule has 133 heavy (non-hydrogen) atoms. The molecule has 0 unspecified atom stereocenters. The molecule has 9 saturated carbocycles. The van der Waals surface area contributed by atoms with E-state index in [-0.39, 0.29) is 79.6 Å². The number of fused-ring (bicyclic) bond motifs is 6. The van der Waals surface area contributed by atoms with Crippen LogP contribution in [0.15, 0.2) is 146 Å². The summed E-state index contributed by atoms with van der Waals surface area (Å²) >= 11 is 0. The van der Waals surface area contributed by atoms with Gasteiger partial charge in [-0.2, -0.15) is 15.2 Å². The molecular weight excluding hydrogens is 1680 g/mol. The van der Waals surface area contributed by atoms with E-state index in [1.54, 1.807) is 54.2 Å². The number of carbonyl (C=O) groups is 6. The Labute approximate surface area is 786 Å². The van der Waals surface area contributed by atoms with Crippen molar-refractivity contribution < 1.29 is 79.0 Å². The molecule has 6 aromatic rings. The van der Waals surface area contributed by atoms with E-state index in [0.717, 1.165) is 108 Å². The van der Waals surface area contributed by atoms with Crippen LogP contribution in [0.3, 0.4) is 0 Å². The van der Waals surface area contributed by atoms with Crippen molar-refractivity contribution in [3.63, 3.8) is 0 Å². The third kappa shape index (κ3) is 20.9. The fourth-order valence-electron chi connectivity index (χ4n) is 25.8. The predicted molar refractivity (Wildman–Crippen MR) is 510 cm³/mol. The summed E-state index contributed by atoms with van der Waals surface area (Å²) in [5.74, 6) is 1.32. The van der Waals surface area contributed by atoms with Crippen LogP contribution >= 0.6 is 0 Å². The average Bonchev–Trinajstić information content (AvgIpc) is 1.44. The van der Waals surface area contributed by atoms with E-state index < -0.39 is 78.5 Å². The van der Waals surface area contributed by atoms with Gasteiger partial charge in [0.1, 0.15) is 36.4 Å². The van der Waals surface area contributed by atoms with E-state index in [2.05, 4.69) is 125 Å². The van der Waals surface area contributed by atoms with Gasteiger partial charge in [0.2, 0.25) is 17.7 Å². The summed E-state index contributed by atoms with van der Waals surface area (Å²) in [6, 6.07) is 44.6. The maximum absolute atomic E-state index is 14.0. The highest BCUT2D eigenvalue weighted by molar-refractivity contribution is 5.96. The molecule has 26 nitrogen and oxygen atoms in total. The zero-order chi connectivity index (χ0) is 95.0. The van der Waals surface area contributed by atoms with Gasteiger partial charge in [0.05, 0.1) is 63.3 Å². The quantitative estimate of drug-likeness (QED) is 0.0199.